The van der Waals surface area contributed by atoms with Crippen LogP contribution in [-0.2, 0) is 21.2 Å². The first-order valence-corrected chi connectivity index (χ1v) is 8.18. The minimum atomic E-state index is -3.75. The monoisotopic (exact) mass is 292 g/mol. The number of hydrogen-bond donors (Lipinski definition) is 1. The molecule has 1 amide bonds. The first kappa shape index (κ1) is 13.3. The summed E-state index contributed by atoms with van der Waals surface area (Å²) in [6.07, 6.45) is 5.49. The van der Waals surface area contributed by atoms with Gasteiger partial charge in [-0.25, -0.2) is 13.6 Å². The van der Waals surface area contributed by atoms with Crippen molar-refractivity contribution in [2.75, 3.05) is 11.4 Å². The summed E-state index contributed by atoms with van der Waals surface area (Å²) in [6, 6.07) is 4.74. The summed E-state index contributed by atoms with van der Waals surface area (Å²) in [7, 11) is -3.75. The topological polar surface area (TPSA) is 80.5 Å². The highest BCUT2D eigenvalue weighted by atomic mass is 32.2. The van der Waals surface area contributed by atoms with Crippen LogP contribution in [0.5, 0.6) is 0 Å². The molecule has 1 aliphatic carbocycles. The fraction of sp³-hybridized carbons (Fsp3) is 0.357. The summed E-state index contributed by atoms with van der Waals surface area (Å²) in [5.74, 6) is -0.00665. The van der Waals surface area contributed by atoms with Crippen LogP contribution in [0.4, 0.5) is 5.69 Å². The van der Waals surface area contributed by atoms with Gasteiger partial charge in [0, 0.05) is 17.8 Å². The molecule has 1 aliphatic heterocycles. The highest BCUT2D eigenvalue weighted by molar-refractivity contribution is 7.89. The van der Waals surface area contributed by atoms with E-state index in [0.29, 0.717) is 12.2 Å². The predicted octanol–water partition coefficient (Wildman–Crippen LogP) is 1.33. The number of allylic oxidation sites excluding steroid dienone is 1. The van der Waals surface area contributed by atoms with E-state index in [1.165, 1.54) is 12.1 Å². The third-order valence-corrected chi connectivity index (χ3v) is 4.75. The SMILES string of the molecule is NS(=O)(=O)c1ccc2c(c1)N(C(=O)C1=CCCC1)CC2. The highest BCUT2D eigenvalue weighted by Crippen LogP contribution is 2.32. The summed E-state index contributed by atoms with van der Waals surface area (Å²) in [5.41, 5.74) is 2.50. The second kappa shape index (κ2) is 4.71. The van der Waals surface area contributed by atoms with Gasteiger partial charge in [0.25, 0.3) is 5.91 Å². The molecule has 0 unspecified atom stereocenters. The quantitative estimate of drug-likeness (QED) is 0.893. The number of fused-ring (bicyclic) bond motifs is 1. The average Bonchev–Trinajstić information content (AvgIpc) is 3.06. The summed E-state index contributed by atoms with van der Waals surface area (Å²) < 4.78 is 22.9. The highest BCUT2D eigenvalue weighted by Gasteiger charge is 2.28. The van der Waals surface area contributed by atoms with Crippen molar-refractivity contribution < 1.29 is 13.2 Å². The van der Waals surface area contributed by atoms with E-state index < -0.39 is 10.0 Å². The van der Waals surface area contributed by atoms with Gasteiger partial charge in [0.15, 0.2) is 0 Å². The first-order chi connectivity index (χ1) is 9.47. The molecule has 1 heterocycles. The lowest BCUT2D eigenvalue weighted by Gasteiger charge is -2.18. The Labute approximate surface area is 118 Å². The summed E-state index contributed by atoms with van der Waals surface area (Å²) in [4.78, 5) is 14.2. The van der Waals surface area contributed by atoms with E-state index in [2.05, 4.69) is 0 Å². The third kappa shape index (κ3) is 2.25. The molecule has 6 heteroatoms. The number of benzene rings is 1. The van der Waals surface area contributed by atoms with Crippen LogP contribution in [0.1, 0.15) is 24.8 Å². The van der Waals surface area contributed by atoms with Crippen LogP contribution >= 0.6 is 0 Å². The molecule has 1 aromatic carbocycles. The van der Waals surface area contributed by atoms with Crippen LogP contribution in [0.3, 0.4) is 0 Å². The number of amides is 1. The summed E-state index contributed by atoms with van der Waals surface area (Å²) in [5, 5.41) is 5.15. The molecule has 0 spiro atoms. The Bertz CT molecular complexity index is 707. The maximum Gasteiger partial charge on any atom is 0.253 e. The molecule has 0 bridgehead atoms. The fourth-order valence-electron chi connectivity index (χ4n) is 2.79. The Kier molecular flexibility index (Phi) is 3.14. The van der Waals surface area contributed by atoms with Gasteiger partial charge in [-0.2, -0.15) is 0 Å². The van der Waals surface area contributed by atoms with E-state index in [0.717, 1.165) is 36.8 Å². The summed E-state index contributed by atoms with van der Waals surface area (Å²) >= 11 is 0. The molecule has 0 atom stereocenters. The molecule has 0 saturated heterocycles. The predicted molar refractivity (Wildman–Crippen MR) is 75.8 cm³/mol. The molecule has 1 aromatic rings. The zero-order valence-electron chi connectivity index (χ0n) is 11.0. The van der Waals surface area contributed by atoms with Gasteiger partial charge < -0.3 is 4.90 Å². The van der Waals surface area contributed by atoms with Gasteiger partial charge in [0.1, 0.15) is 0 Å². The van der Waals surface area contributed by atoms with Gasteiger partial charge in [0.05, 0.1) is 4.90 Å². The lowest BCUT2D eigenvalue weighted by molar-refractivity contribution is -0.115. The third-order valence-electron chi connectivity index (χ3n) is 3.84. The molecular formula is C14H16N2O3S. The van der Waals surface area contributed by atoms with Crippen molar-refractivity contribution in [3.63, 3.8) is 0 Å². The molecule has 0 radical (unpaired) electrons. The number of carbonyl (C=O) groups is 1. The van der Waals surface area contributed by atoms with Gasteiger partial charge >= 0.3 is 0 Å². The standard InChI is InChI=1S/C14H16N2O3S/c15-20(18,19)12-6-5-10-7-8-16(13(10)9-12)14(17)11-3-1-2-4-11/h3,5-6,9H,1-2,4,7-8H2,(H2,15,18,19). The van der Waals surface area contributed by atoms with E-state index in [4.69, 9.17) is 5.14 Å². The Hall–Kier alpha value is -1.66. The Morgan fingerprint density at radius 3 is 2.70 bits per heavy atom. The molecule has 106 valence electrons. The fourth-order valence-corrected chi connectivity index (χ4v) is 3.32. The average molecular weight is 292 g/mol. The molecule has 5 nitrogen and oxygen atoms in total. The van der Waals surface area contributed by atoms with Gasteiger partial charge in [-0.1, -0.05) is 12.1 Å². The normalized spacial score (nSPS) is 18.1. The molecule has 2 N–H and O–H groups in total. The molecule has 0 saturated carbocycles. The van der Waals surface area contributed by atoms with Crippen LogP contribution in [0.15, 0.2) is 34.7 Å². The maximum atomic E-state index is 12.4. The maximum absolute atomic E-state index is 12.4. The molecule has 0 fully saturated rings. The van der Waals surface area contributed by atoms with Crippen molar-refractivity contribution in [1.82, 2.24) is 0 Å². The van der Waals surface area contributed by atoms with E-state index >= 15 is 0 Å². The van der Waals surface area contributed by atoms with E-state index in [1.54, 1.807) is 11.0 Å². The number of sulfonamides is 1. The van der Waals surface area contributed by atoms with Crippen molar-refractivity contribution in [3.8, 4) is 0 Å². The van der Waals surface area contributed by atoms with E-state index in [1.807, 2.05) is 6.08 Å². The van der Waals surface area contributed by atoms with E-state index in [9.17, 15) is 13.2 Å². The van der Waals surface area contributed by atoms with Crippen LogP contribution in [0, 0.1) is 0 Å². The Morgan fingerprint density at radius 2 is 2.05 bits per heavy atom. The Balaban J connectivity index is 1.98. The number of nitrogens with two attached hydrogens (primary N) is 1. The van der Waals surface area contributed by atoms with Gasteiger partial charge in [-0.05, 0) is 43.4 Å². The van der Waals surface area contributed by atoms with Gasteiger partial charge in [-0.3, -0.25) is 4.79 Å². The van der Waals surface area contributed by atoms with Crippen molar-refractivity contribution in [1.29, 1.82) is 0 Å². The van der Waals surface area contributed by atoms with Crippen molar-refractivity contribution in [2.45, 2.75) is 30.6 Å². The van der Waals surface area contributed by atoms with Gasteiger partial charge in [0.2, 0.25) is 10.0 Å². The van der Waals surface area contributed by atoms with Crippen LogP contribution in [0.2, 0.25) is 0 Å². The first-order valence-electron chi connectivity index (χ1n) is 6.63. The van der Waals surface area contributed by atoms with Crippen molar-refractivity contribution in [3.05, 3.63) is 35.4 Å². The molecule has 20 heavy (non-hydrogen) atoms. The van der Waals surface area contributed by atoms with Crippen LogP contribution in [-0.4, -0.2) is 20.9 Å². The van der Waals surface area contributed by atoms with Crippen molar-refractivity contribution >= 4 is 21.6 Å². The second-order valence-electron chi connectivity index (χ2n) is 5.16. The number of hydrogen-bond acceptors (Lipinski definition) is 3. The van der Waals surface area contributed by atoms with Gasteiger partial charge in [-0.15, -0.1) is 0 Å². The number of anilines is 1. The second-order valence-corrected chi connectivity index (χ2v) is 6.73. The lowest BCUT2D eigenvalue weighted by atomic mass is 10.1. The van der Waals surface area contributed by atoms with Crippen LogP contribution in [0.25, 0.3) is 0 Å². The largest absolute Gasteiger partial charge is 0.308 e. The number of primary sulfonamides is 1. The number of carbonyl (C=O) groups excluding carboxylic acids is 1. The number of nitrogens with zero attached hydrogens (tertiary/aromatic N) is 1. The lowest BCUT2D eigenvalue weighted by Crippen LogP contribution is -2.30. The molecular weight excluding hydrogens is 276 g/mol. The van der Waals surface area contributed by atoms with Crippen LogP contribution < -0.4 is 10.0 Å². The zero-order chi connectivity index (χ0) is 14.3. The van der Waals surface area contributed by atoms with Crippen molar-refractivity contribution in [2.24, 2.45) is 5.14 Å². The smallest absolute Gasteiger partial charge is 0.253 e. The minimum Gasteiger partial charge on any atom is -0.308 e. The zero-order valence-corrected chi connectivity index (χ0v) is 11.8. The molecule has 0 aromatic heterocycles. The molecule has 3 rings (SSSR count). The number of rotatable bonds is 2. The van der Waals surface area contributed by atoms with E-state index in [-0.39, 0.29) is 10.8 Å². The summed E-state index contributed by atoms with van der Waals surface area (Å²) in [6.45, 7) is 0.597. The Morgan fingerprint density at radius 1 is 1.25 bits per heavy atom. The minimum absolute atomic E-state index is 0.00665. The molecule has 2 aliphatic rings.